The van der Waals surface area contributed by atoms with Crippen molar-refractivity contribution >= 4 is 23.4 Å². The minimum Gasteiger partial charge on any atom is -0.491 e. The van der Waals surface area contributed by atoms with Crippen LogP contribution in [-0.4, -0.2) is 42.4 Å². The van der Waals surface area contributed by atoms with Crippen molar-refractivity contribution in [2.24, 2.45) is 0 Å². The van der Waals surface area contributed by atoms with Crippen molar-refractivity contribution in [1.82, 2.24) is 4.90 Å². The van der Waals surface area contributed by atoms with Crippen LogP contribution < -0.4 is 10.4 Å². The van der Waals surface area contributed by atoms with E-state index in [0.717, 1.165) is 24.0 Å². The molecule has 0 amide bonds. The summed E-state index contributed by atoms with van der Waals surface area (Å²) in [5, 5.41) is 11.0. The van der Waals surface area contributed by atoms with Crippen LogP contribution >= 0.6 is 12.4 Å². The smallest absolute Gasteiger partial charge is 0.336 e. The lowest BCUT2D eigenvalue weighted by atomic mass is 10.1. The lowest BCUT2D eigenvalue weighted by Crippen LogP contribution is -2.38. The number of hydrogen-bond donors (Lipinski definition) is 1. The van der Waals surface area contributed by atoms with Crippen molar-refractivity contribution < 1.29 is 14.3 Å². The molecule has 5 nitrogen and oxygen atoms in total. The number of rotatable bonds is 5. The first-order valence-corrected chi connectivity index (χ1v) is 8.19. The van der Waals surface area contributed by atoms with E-state index in [1.54, 1.807) is 6.07 Å². The van der Waals surface area contributed by atoms with Gasteiger partial charge in [-0.2, -0.15) is 0 Å². The summed E-state index contributed by atoms with van der Waals surface area (Å²) in [5.74, 6) is 0.601. The average Bonchev–Trinajstić information content (AvgIpc) is 2.53. The van der Waals surface area contributed by atoms with Crippen LogP contribution in [0.15, 0.2) is 33.5 Å². The number of likely N-dealkylation sites (tertiary alicyclic amines) is 1. The first-order chi connectivity index (χ1) is 11.1. The summed E-state index contributed by atoms with van der Waals surface area (Å²) in [6.45, 7) is 4.86. The lowest BCUT2D eigenvalue weighted by Gasteiger charge is -2.28. The molecule has 1 unspecified atom stereocenters. The Balaban J connectivity index is 0.00000208. The third-order valence-corrected chi connectivity index (χ3v) is 4.28. The Morgan fingerprint density at radius 3 is 2.75 bits per heavy atom. The van der Waals surface area contributed by atoms with Crippen molar-refractivity contribution in [2.45, 2.75) is 32.3 Å². The Kier molecular flexibility index (Phi) is 6.66. The van der Waals surface area contributed by atoms with E-state index in [9.17, 15) is 9.90 Å². The van der Waals surface area contributed by atoms with Crippen LogP contribution in [0.3, 0.4) is 0 Å². The zero-order chi connectivity index (χ0) is 16.2. The summed E-state index contributed by atoms with van der Waals surface area (Å²) in [6.07, 6.45) is 3.17. The van der Waals surface area contributed by atoms with E-state index < -0.39 is 6.10 Å². The van der Waals surface area contributed by atoms with Gasteiger partial charge in [-0.1, -0.05) is 6.42 Å². The Labute approximate surface area is 147 Å². The maximum Gasteiger partial charge on any atom is 0.336 e. The molecular weight excluding hydrogens is 330 g/mol. The van der Waals surface area contributed by atoms with Crippen molar-refractivity contribution in [3.63, 3.8) is 0 Å². The molecule has 0 bridgehead atoms. The molecule has 2 aromatic rings. The number of halogens is 1. The van der Waals surface area contributed by atoms with Crippen molar-refractivity contribution in [3.8, 4) is 5.75 Å². The second-order valence-electron chi connectivity index (χ2n) is 6.23. The number of fused-ring (bicyclic) bond motifs is 1. The minimum absolute atomic E-state index is 0. The van der Waals surface area contributed by atoms with Crippen molar-refractivity contribution in [3.05, 3.63) is 40.2 Å². The molecule has 1 N–H and O–H groups in total. The van der Waals surface area contributed by atoms with Gasteiger partial charge in [-0.3, -0.25) is 0 Å². The van der Waals surface area contributed by atoms with Crippen LogP contribution in [0.4, 0.5) is 0 Å². The average molecular weight is 354 g/mol. The summed E-state index contributed by atoms with van der Waals surface area (Å²) in [6, 6.07) is 6.89. The molecule has 132 valence electrons. The fraction of sp³-hybridized carbons (Fsp3) is 0.500. The molecule has 24 heavy (non-hydrogen) atoms. The summed E-state index contributed by atoms with van der Waals surface area (Å²) < 4.78 is 10.9. The van der Waals surface area contributed by atoms with Gasteiger partial charge in [-0.25, -0.2) is 4.79 Å². The molecule has 0 radical (unpaired) electrons. The normalized spacial score (nSPS) is 16.6. The van der Waals surface area contributed by atoms with E-state index >= 15 is 0 Å². The fourth-order valence-electron chi connectivity index (χ4n) is 3.08. The zero-order valence-corrected chi connectivity index (χ0v) is 14.7. The first-order valence-electron chi connectivity index (χ1n) is 8.19. The molecule has 1 aliphatic rings. The third-order valence-electron chi connectivity index (χ3n) is 4.28. The van der Waals surface area contributed by atoms with Gasteiger partial charge >= 0.3 is 5.63 Å². The van der Waals surface area contributed by atoms with Crippen molar-refractivity contribution in [1.29, 1.82) is 0 Å². The van der Waals surface area contributed by atoms with Gasteiger partial charge in [-0.05, 0) is 50.6 Å². The Morgan fingerprint density at radius 2 is 2.00 bits per heavy atom. The number of hydrogen-bond acceptors (Lipinski definition) is 5. The fourth-order valence-corrected chi connectivity index (χ4v) is 3.08. The molecule has 3 rings (SSSR count). The van der Waals surface area contributed by atoms with E-state index in [1.807, 2.05) is 19.1 Å². The highest BCUT2D eigenvalue weighted by atomic mass is 35.5. The molecule has 1 aromatic heterocycles. The maximum absolute atomic E-state index is 11.5. The number of benzene rings is 1. The van der Waals surface area contributed by atoms with E-state index in [0.29, 0.717) is 17.9 Å². The molecule has 1 atom stereocenters. The number of aliphatic hydroxyl groups is 1. The molecule has 2 heterocycles. The van der Waals surface area contributed by atoms with Gasteiger partial charge in [0.2, 0.25) is 0 Å². The SMILES string of the molecule is Cc1cc(=O)oc2cc(OCC(O)CN3CCCCC3)ccc12.Cl. The number of ether oxygens (including phenoxy) is 1. The Morgan fingerprint density at radius 1 is 1.25 bits per heavy atom. The summed E-state index contributed by atoms with van der Waals surface area (Å²) in [4.78, 5) is 13.7. The van der Waals surface area contributed by atoms with E-state index in [4.69, 9.17) is 9.15 Å². The van der Waals surface area contributed by atoms with Crippen molar-refractivity contribution in [2.75, 3.05) is 26.2 Å². The van der Waals surface area contributed by atoms with Crippen LogP contribution in [0.25, 0.3) is 11.0 Å². The largest absolute Gasteiger partial charge is 0.491 e. The van der Waals surface area contributed by atoms with E-state index in [-0.39, 0.29) is 24.6 Å². The van der Waals surface area contributed by atoms with Crippen LogP contribution in [0.5, 0.6) is 5.75 Å². The lowest BCUT2D eigenvalue weighted by molar-refractivity contribution is 0.0617. The quantitative estimate of drug-likeness (QED) is 0.837. The van der Waals surface area contributed by atoms with Gasteiger partial charge in [0.15, 0.2) is 0 Å². The third kappa shape index (κ3) is 4.72. The minimum atomic E-state index is -0.520. The topological polar surface area (TPSA) is 62.9 Å². The van der Waals surface area contributed by atoms with Gasteiger partial charge < -0.3 is 19.2 Å². The molecule has 0 saturated carbocycles. The maximum atomic E-state index is 11.5. The molecule has 1 aromatic carbocycles. The highest BCUT2D eigenvalue weighted by Crippen LogP contribution is 2.22. The Hall–Kier alpha value is -1.56. The van der Waals surface area contributed by atoms with E-state index in [1.165, 1.54) is 25.3 Å². The van der Waals surface area contributed by atoms with Gasteiger partial charge in [0, 0.05) is 24.1 Å². The summed E-state index contributed by atoms with van der Waals surface area (Å²) in [7, 11) is 0. The number of piperidine rings is 1. The summed E-state index contributed by atoms with van der Waals surface area (Å²) in [5.41, 5.74) is 1.03. The number of β-amino-alcohol motifs (C(OH)–C–C–N with tert-alkyl or cyclic N) is 1. The molecule has 6 heteroatoms. The predicted molar refractivity (Wildman–Crippen MR) is 96.3 cm³/mol. The standard InChI is InChI=1S/C18H23NO4.ClH/c1-13-9-18(21)23-17-10-15(5-6-16(13)17)22-12-14(20)11-19-7-3-2-4-8-19;/h5-6,9-10,14,20H,2-4,7-8,11-12H2,1H3;1H. The first kappa shape index (κ1) is 18.8. The molecule has 0 spiro atoms. The van der Waals surface area contributed by atoms with Gasteiger partial charge in [-0.15, -0.1) is 12.4 Å². The van der Waals surface area contributed by atoms with Crippen LogP contribution in [0.2, 0.25) is 0 Å². The van der Waals surface area contributed by atoms with E-state index in [2.05, 4.69) is 4.90 Å². The number of aliphatic hydroxyl groups excluding tert-OH is 1. The second-order valence-corrected chi connectivity index (χ2v) is 6.23. The van der Waals surface area contributed by atoms with Crippen LogP contribution in [-0.2, 0) is 0 Å². The van der Waals surface area contributed by atoms with Gasteiger partial charge in [0.1, 0.15) is 24.0 Å². The Bertz CT molecular complexity index is 725. The number of aryl methyl sites for hydroxylation is 1. The predicted octanol–water partition coefficient (Wildman–Crippen LogP) is 2.75. The molecule has 1 aliphatic heterocycles. The molecule has 0 aliphatic carbocycles. The van der Waals surface area contributed by atoms with Gasteiger partial charge in [0.25, 0.3) is 0 Å². The number of nitrogens with zero attached hydrogens (tertiary/aromatic N) is 1. The highest BCUT2D eigenvalue weighted by molar-refractivity contribution is 5.85. The zero-order valence-electron chi connectivity index (χ0n) is 13.9. The molecule has 1 saturated heterocycles. The van der Waals surface area contributed by atoms with Crippen LogP contribution in [0.1, 0.15) is 24.8 Å². The van der Waals surface area contributed by atoms with Crippen LogP contribution in [0, 0.1) is 6.92 Å². The molecule has 1 fully saturated rings. The highest BCUT2D eigenvalue weighted by Gasteiger charge is 2.15. The molecular formula is C18H24ClNO4. The second kappa shape index (κ2) is 8.51. The monoisotopic (exact) mass is 353 g/mol. The summed E-state index contributed by atoms with van der Waals surface area (Å²) >= 11 is 0. The van der Waals surface area contributed by atoms with Gasteiger partial charge in [0.05, 0.1) is 0 Å².